The van der Waals surface area contributed by atoms with Gasteiger partial charge in [0, 0.05) is 68.9 Å². The van der Waals surface area contributed by atoms with Gasteiger partial charge in [0.15, 0.2) is 201 Å². The number of esters is 4. The molecular weight excluding hydrogens is 1930 g/mol. The van der Waals surface area contributed by atoms with E-state index in [1.54, 1.807) is 124 Å². The normalized spacial score (nSPS) is 10.5. The van der Waals surface area contributed by atoms with Crippen LogP contribution < -0.4 is 0 Å². The fourth-order valence-electron chi connectivity index (χ4n) is 10.7. The first-order valence-electron chi connectivity index (χ1n) is 44.0. The number of carbonyl (C=O) groups is 10. The highest BCUT2D eigenvalue weighted by atomic mass is 16.6. The van der Waals surface area contributed by atoms with Gasteiger partial charge < -0.3 is 167 Å². The lowest BCUT2D eigenvalue weighted by molar-refractivity contribution is 0.0366. The van der Waals surface area contributed by atoms with Crippen LogP contribution in [0.4, 0.5) is 0 Å². The number of aryl methyl sites for hydroxylation is 1. The van der Waals surface area contributed by atoms with E-state index < -0.39 is 179 Å². The van der Waals surface area contributed by atoms with E-state index in [-0.39, 0.29) is 169 Å². The molecule has 0 atom stereocenters. The minimum absolute atomic E-state index is 0.00606. The fourth-order valence-corrected chi connectivity index (χ4v) is 10.7. The van der Waals surface area contributed by atoms with Crippen molar-refractivity contribution in [2.24, 2.45) is 47.3 Å². The Kier molecular flexibility index (Phi) is 49.5. The zero-order valence-corrected chi connectivity index (χ0v) is 83.4. The van der Waals surface area contributed by atoms with E-state index in [9.17, 15) is 78.6 Å². The van der Waals surface area contributed by atoms with Gasteiger partial charge in [-0.2, -0.15) is 0 Å². The Morgan fingerprint density at radius 2 is 0.295 bits per heavy atom. The Bertz CT molecular complexity index is 5300. The molecule has 0 fully saturated rings. The Hall–Kier alpha value is -17.7. The molecule has 43 nitrogen and oxygen atoms in total. The molecule has 146 heavy (non-hydrogen) atoms. The summed E-state index contributed by atoms with van der Waals surface area (Å²) in [6, 6.07) is 22.5. The van der Waals surface area contributed by atoms with E-state index in [4.69, 9.17) is 136 Å². The summed E-state index contributed by atoms with van der Waals surface area (Å²) in [5.41, 5.74) is 1.84. The molecule has 10 aromatic rings. The minimum atomic E-state index is -0.671. The number of benzene rings is 10. The second-order valence-corrected chi connectivity index (χ2v) is 34.9. The van der Waals surface area contributed by atoms with Crippen LogP contribution in [0.25, 0.3) is 0 Å². The molecule has 0 saturated carbocycles. The highest BCUT2D eigenvalue weighted by Gasteiger charge is 2.26. The molecule has 0 saturated heterocycles. The van der Waals surface area contributed by atoms with Crippen LogP contribution in [0.1, 0.15) is 248 Å². The number of ether oxygens (including phenoxy) is 4. The number of aromatic hydroxyl groups is 29. The van der Waals surface area contributed by atoms with Crippen LogP contribution in [0.3, 0.4) is 0 Å². The molecule has 0 aliphatic rings. The van der Waals surface area contributed by atoms with Gasteiger partial charge in [-0.25, -0.2) is 19.2 Å². The summed E-state index contributed by atoms with van der Waals surface area (Å²) in [6.07, 6.45) is -0.592. The van der Waals surface area contributed by atoms with Gasteiger partial charge in [-0.05, 0) is 173 Å². The zero-order chi connectivity index (χ0) is 113. The summed E-state index contributed by atoms with van der Waals surface area (Å²) in [5, 5.41) is 265. The van der Waals surface area contributed by atoms with Crippen molar-refractivity contribution in [3.05, 3.63) is 183 Å². The Balaban J connectivity index is 0.000000811. The van der Waals surface area contributed by atoms with E-state index in [0.717, 1.165) is 109 Å². The zero-order valence-electron chi connectivity index (χ0n) is 83.4. The van der Waals surface area contributed by atoms with E-state index in [1.807, 2.05) is 27.7 Å². The summed E-state index contributed by atoms with van der Waals surface area (Å²) in [6.45, 7) is 37.1. The third-order valence-electron chi connectivity index (χ3n) is 18.5. The van der Waals surface area contributed by atoms with Crippen molar-refractivity contribution in [2.75, 3.05) is 13.2 Å². The van der Waals surface area contributed by atoms with Gasteiger partial charge in [0.1, 0.15) is 0 Å². The lowest BCUT2D eigenvalue weighted by Gasteiger charge is -2.09. The van der Waals surface area contributed by atoms with Gasteiger partial charge in [-0.3, -0.25) is 28.8 Å². The second-order valence-electron chi connectivity index (χ2n) is 34.9. The molecule has 0 aliphatic carbocycles. The number of rotatable bonds is 22. The van der Waals surface area contributed by atoms with Crippen LogP contribution >= 0.6 is 0 Å². The predicted molar refractivity (Wildman–Crippen MR) is 524 cm³/mol. The number of hydrogen-bond donors (Lipinski definition) is 29. The lowest BCUT2D eigenvalue weighted by Crippen LogP contribution is -2.11. The average Bonchev–Trinajstić information content (AvgIpc) is 0.833. The summed E-state index contributed by atoms with van der Waals surface area (Å²) < 4.78 is 19.5. The quantitative estimate of drug-likeness (QED) is 0.0130. The van der Waals surface area contributed by atoms with Crippen LogP contribution in [-0.2, 0) is 18.9 Å². The van der Waals surface area contributed by atoms with Gasteiger partial charge in [-0.1, -0.05) is 111 Å². The van der Waals surface area contributed by atoms with Crippen LogP contribution in [0.15, 0.2) is 121 Å². The molecule has 10 aromatic carbocycles. The molecule has 0 bridgehead atoms. The molecule has 0 amide bonds. The summed E-state index contributed by atoms with van der Waals surface area (Å²) in [7, 11) is 0. The predicted octanol–water partition coefficient (Wildman–Crippen LogP) is 16.4. The average molecular weight is 2050 g/mol. The lowest BCUT2D eigenvalue weighted by atomic mass is 9.99. The summed E-state index contributed by atoms with van der Waals surface area (Å²) >= 11 is 0. The van der Waals surface area contributed by atoms with Crippen LogP contribution in [0.5, 0.6) is 167 Å². The van der Waals surface area contributed by atoms with Crippen LogP contribution in [-0.4, -0.2) is 232 Å². The van der Waals surface area contributed by atoms with Gasteiger partial charge in [0.25, 0.3) is 0 Å². The first kappa shape index (κ1) is 126. The van der Waals surface area contributed by atoms with Crippen LogP contribution in [0.2, 0.25) is 0 Å². The summed E-state index contributed by atoms with van der Waals surface area (Å²) in [4.78, 5) is 114. The maximum absolute atomic E-state index is 11.6. The monoisotopic (exact) mass is 2050 g/mol. The van der Waals surface area contributed by atoms with Crippen molar-refractivity contribution in [3.63, 3.8) is 0 Å². The first-order valence-corrected chi connectivity index (χ1v) is 44.0. The minimum Gasteiger partial charge on any atom is -0.504 e. The maximum Gasteiger partial charge on any atom is 0.338 e. The van der Waals surface area contributed by atoms with E-state index >= 15 is 0 Å². The van der Waals surface area contributed by atoms with Gasteiger partial charge in [0.05, 0.1) is 47.7 Å². The molecule has 0 spiro atoms. The standard InChI is InChI=1S/2C11H14O5.C11H14O3.2C10H12O5.5C10H12O4/c2*1-6(2)5-16-11(15)7-3-8(12)10(14)9(13)4-7;1-6(2)10(13)8-4-7(3)11(14)9(12)5-8;2*1-5(2)15-10(14)6-3-7(11)9(13)8(12)4-6;5*1-5(2)9(13)6-3-7(11)10(14)8(12)4-6/h2*3-4,6,12-14H,5H2,1-2H3;4-6,12,14H,1-3H3;2*3-5,11-13H,1-2H3;5*3-5,11-12,14H,1-2H3. The molecule has 0 aromatic heterocycles. The number of hydrogen-bond acceptors (Lipinski definition) is 43. The van der Waals surface area contributed by atoms with Crippen LogP contribution in [0, 0.1) is 54.3 Å². The van der Waals surface area contributed by atoms with Gasteiger partial charge in [-0.15, -0.1) is 0 Å². The highest BCUT2D eigenvalue weighted by Crippen LogP contribution is 2.44. The van der Waals surface area contributed by atoms with Crippen molar-refractivity contribution in [1.29, 1.82) is 0 Å². The Morgan fingerprint density at radius 1 is 0.178 bits per heavy atom. The third-order valence-corrected chi connectivity index (χ3v) is 18.5. The Labute approximate surface area is 837 Å². The molecule has 10 rings (SSSR count). The van der Waals surface area contributed by atoms with E-state index in [0.29, 0.717) is 11.1 Å². The molecule has 43 heteroatoms. The number of ketones is 6. The molecule has 0 aliphatic heterocycles. The number of phenols is 29. The summed E-state index contributed by atoms with van der Waals surface area (Å²) in [5.74, 6) is -20.0. The van der Waals surface area contributed by atoms with Crippen molar-refractivity contribution in [3.8, 4) is 167 Å². The molecule has 796 valence electrons. The molecule has 0 heterocycles. The highest BCUT2D eigenvalue weighted by molar-refractivity contribution is 6.02. The van der Waals surface area contributed by atoms with Crippen molar-refractivity contribution < 1.29 is 215 Å². The van der Waals surface area contributed by atoms with Crippen molar-refractivity contribution >= 4 is 58.6 Å². The largest absolute Gasteiger partial charge is 0.504 e. The first-order chi connectivity index (χ1) is 67.2. The third kappa shape index (κ3) is 39.4. The van der Waals surface area contributed by atoms with Crippen molar-refractivity contribution in [2.45, 2.75) is 158 Å². The van der Waals surface area contributed by atoms with E-state index in [1.165, 1.54) is 6.07 Å². The van der Waals surface area contributed by atoms with Crippen molar-refractivity contribution in [1.82, 2.24) is 0 Å². The SMILES string of the molecule is CC(C)C(=O)c1cc(O)c(O)c(O)c1.CC(C)C(=O)c1cc(O)c(O)c(O)c1.CC(C)C(=O)c1cc(O)c(O)c(O)c1.CC(C)C(=O)c1cc(O)c(O)c(O)c1.CC(C)C(=O)c1cc(O)c(O)c(O)c1.CC(C)COC(=O)c1cc(O)c(O)c(O)c1.CC(C)COC(=O)c1cc(O)c(O)c(O)c1.CC(C)OC(=O)c1cc(O)c(O)c(O)c1.CC(C)OC(=O)c1cc(O)c(O)c(O)c1.Cc1cc(C(=O)C(C)C)cc(O)c1O. The molecule has 0 unspecified atom stereocenters. The molecular formula is C103H126O43. The second kappa shape index (κ2) is 57.3. The topological polar surface area (TPSA) is 794 Å². The Morgan fingerprint density at radius 3 is 0.411 bits per heavy atom. The maximum atomic E-state index is 11.6. The van der Waals surface area contributed by atoms with Gasteiger partial charge >= 0.3 is 23.9 Å². The number of phenolic OH excluding ortho intramolecular Hbond substituents is 29. The smallest absolute Gasteiger partial charge is 0.338 e. The number of Topliss-reactive ketones (excluding diaryl/α,β-unsaturated/α-hetero) is 6. The molecule has 0 radical (unpaired) electrons. The van der Waals surface area contributed by atoms with Gasteiger partial charge in [0.2, 0.25) is 0 Å². The number of carbonyl (C=O) groups excluding carboxylic acids is 10. The molecule has 29 N–H and O–H groups in total. The fraction of sp³-hybridized carbons (Fsp3) is 0.320. The van der Waals surface area contributed by atoms with E-state index in [2.05, 4.69) is 0 Å².